The predicted octanol–water partition coefficient (Wildman–Crippen LogP) is 11.7. The summed E-state index contributed by atoms with van der Waals surface area (Å²) >= 11 is 0. The van der Waals surface area contributed by atoms with Gasteiger partial charge in [-0.05, 0) is 91.9 Å². The number of benzene rings is 3. The molecule has 3 aromatic carbocycles. The van der Waals surface area contributed by atoms with E-state index >= 15 is 0 Å². The van der Waals surface area contributed by atoms with Gasteiger partial charge in [0.15, 0.2) is 0 Å². The molecule has 0 saturated heterocycles. The number of carbonyl (C=O) groups is 3. The Morgan fingerprint density at radius 3 is 1.14 bits per heavy atom. The van der Waals surface area contributed by atoms with Crippen molar-refractivity contribution in [1.82, 2.24) is 0 Å². The Labute approximate surface area is 340 Å². The van der Waals surface area contributed by atoms with E-state index in [0.717, 1.165) is 74.2 Å². The van der Waals surface area contributed by atoms with E-state index in [1.165, 1.54) is 76.4 Å². The zero-order chi connectivity index (χ0) is 40.6. The number of esters is 3. The Morgan fingerprint density at radius 2 is 0.737 bits per heavy atom. The number of hydrogen-bond donors (Lipinski definition) is 0. The lowest BCUT2D eigenvalue weighted by atomic mass is 10.1. The molecule has 9 heteroatoms. The molecule has 0 aliphatic heterocycles. The maximum Gasteiger partial charge on any atom is 0.343 e. The van der Waals surface area contributed by atoms with Gasteiger partial charge in [0.25, 0.3) is 0 Å². The van der Waals surface area contributed by atoms with Crippen molar-refractivity contribution in [2.24, 2.45) is 0 Å². The highest BCUT2D eigenvalue weighted by atomic mass is 16.5. The van der Waals surface area contributed by atoms with Gasteiger partial charge < -0.3 is 28.4 Å². The number of rotatable bonds is 33. The molecule has 0 spiro atoms. The highest BCUT2D eigenvalue weighted by Gasteiger charge is 2.10. The average Bonchev–Trinajstić information content (AvgIpc) is 3.24. The quantitative estimate of drug-likeness (QED) is 0.0258. The molecule has 0 amide bonds. The molecule has 9 nitrogen and oxygen atoms in total. The van der Waals surface area contributed by atoms with Crippen molar-refractivity contribution in [2.75, 3.05) is 26.4 Å². The molecule has 0 saturated carbocycles. The lowest BCUT2D eigenvalue weighted by Gasteiger charge is -2.10. The molecule has 0 radical (unpaired) electrons. The Morgan fingerprint density at radius 1 is 0.404 bits per heavy atom. The van der Waals surface area contributed by atoms with E-state index in [2.05, 4.69) is 13.2 Å². The summed E-state index contributed by atoms with van der Waals surface area (Å²) in [6.07, 6.45) is 22.8. The van der Waals surface area contributed by atoms with Crippen LogP contribution >= 0.6 is 0 Å². The van der Waals surface area contributed by atoms with Crippen LogP contribution in [0.1, 0.15) is 131 Å². The molecule has 0 bridgehead atoms. The van der Waals surface area contributed by atoms with Gasteiger partial charge in [-0.2, -0.15) is 0 Å². The third kappa shape index (κ3) is 22.3. The fourth-order valence-corrected chi connectivity index (χ4v) is 6.03. The Kier molecular flexibility index (Phi) is 24.5. The van der Waals surface area contributed by atoms with Crippen LogP contribution in [-0.4, -0.2) is 44.3 Å². The average molecular weight is 785 g/mol. The molecular formula is C48H64O9. The van der Waals surface area contributed by atoms with Crippen LogP contribution in [0.2, 0.25) is 0 Å². The van der Waals surface area contributed by atoms with Crippen molar-refractivity contribution >= 4 is 17.9 Å². The van der Waals surface area contributed by atoms with Gasteiger partial charge in [0.2, 0.25) is 0 Å². The Hall–Kier alpha value is -5.05. The molecule has 0 atom stereocenters. The Bertz CT molecular complexity index is 1550. The van der Waals surface area contributed by atoms with Crippen molar-refractivity contribution < 1.29 is 42.8 Å². The second-order valence-electron chi connectivity index (χ2n) is 14.1. The Balaban J connectivity index is 1.18. The zero-order valence-corrected chi connectivity index (χ0v) is 33.9. The van der Waals surface area contributed by atoms with Crippen molar-refractivity contribution in [3.05, 3.63) is 109 Å². The molecule has 0 aromatic heterocycles. The fourth-order valence-electron chi connectivity index (χ4n) is 6.03. The standard InChI is InChI=1S/C48H64O9/c1-3-46(49)54-37-21-17-13-9-5-7-11-15-19-35-52-42-29-25-41(26-30-42)48(51)57-45-27-23-40(24-28-45)39-56-44-33-31-43(32-34-44)53-36-20-16-12-8-6-10-14-18-22-38-55-47(50)4-2/h3-4,23-34H,1-2,5-22,35-39H2. The summed E-state index contributed by atoms with van der Waals surface area (Å²) in [5.41, 5.74) is 1.42. The van der Waals surface area contributed by atoms with Gasteiger partial charge in [0.1, 0.15) is 29.6 Å². The van der Waals surface area contributed by atoms with Gasteiger partial charge in [-0.15, -0.1) is 0 Å². The largest absolute Gasteiger partial charge is 0.494 e. The van der Waals surface area contributed by atoms with E-state index in [1.54, 1.807) is 36.4 Å². The highest BCUT2D eigenvalue weighted by molar-refractivity contribution is 5.91. The van der Waals surface area contributed by atoms with Crippen LogP contribution in [0.5, 0.6) is 23.0 Å². The summed E-state index contributed by atoms with van der Waals surface area (Å²) in [7, 11) is 0. The van der Waals surface area contributed by atoms with E-state index in [-0.39, 0.29) is 11.9 Å². The third-order valence-electron chi connectivity index (χ3n) is 9.39. The second-order valence-corrected chi connectivity index (χ2v) is 14.1. The van der Waals surface area contributed by atoms with Gasteiger partial charge >= 0.3 is 17.9 Å². The summed E-state index contributed by atoms with van der Waals surface area (Å²) in [6, 6.07) is 22.1. The van der Waals surface area contributed by atoms with Gasteiger partial charge in [-0.1, -0.05) is 115 Å². The first-order valence-corrected chi connectivity index (χ1v) is 20.9. The fraction of sp³-hybridized carbons (Fsp3) is 0.479. The topological polar surface area (TPSA) is 107 Å². The first kappa shape index (κ1) is 46.3. The van der Waals surface area contributed by atoms with Crippen LogP contribution in [0.25, 0.3) is 0 Å². The molecule has 310 valence electrons. The van der Waals surface area contributed by atoms with Crippen LogP contribution in [0.15, 0.2) is 98.1 Å². The zero-order valence-electron chi connectivity index (χ0n) is 33.9. The predicted molar refractivity (Wildman–Crippen MR) is 225 cm³/mol. The molecular weight excluding hydrogens is 721 g/mol. The first-order valence-electron chi connectivity index (χ1n) is 20.9. The van der Waals surface area contributed by atoms with E-state index in [1.807, 2.05) is 36.4 Å². The van der Waals surface area contributed by atoms with Crippen LogP contribution in [0.4, 0.5) is 0 Å². The van der Waals surface area contributed by atoms with Crippen LogP contribution in [0, 0.1) is 0 Å². The lowest BCUT2D eigenvalue weighted by molar-refractivity contribution is -0.138. The van der Waals surface area contributed by atoms with E-state index in [9.17, 15) is 14.4 Å². The number of ether oxygens (including phenoxy) is 6. The molecule has 0 heterocycles. The van der Waals surface area contributed by atoms with Crippen molar-refractivity contribution in [2.45, 2.75) is 122 Å². The van der Waals surface area contributed by atoms with Gasteiger partial charge in [-0.25, -0.2) is 14.4 Å². The maximum atomic E-state index is 12.7. The second kappa shape index (κ2) is 30.1. The van der Waals surface area contributed by atoms with Gasteiger partial charge in [-0.3, -0.25) is 0 Å². The molecule has 0 N–H and O–H groups in total. The summed E-state index contributed by atoms with van der Waals surface area (Å²) in [5.74, 6) is 1.68. The minimum atomic E-state index is -0.422. The first-order chi connectivity index (χ1) is 28.0. The minimum absolute atomic E-state index is 0.341. The SMILES string of the molecule is C=CC(=O)OCCCCCCCCCCCOc1ccc(OCc2ccc(OC(=O)c3ccc(OCCCCCCCCCCCOC(=O)C=C)cc3)cc2)cc1. The third-order valence-corrected chi connectivity index (χ3v) is 9.39. The molecule has 0 unspecified atom stereocenters. The van der Waals surface area contributed by atoms with Gasteiger partial charge in [0.05, 0.1) is 32.0 Å². The lowest BCUT2D eigenvalue weighted by Crippen LogP contribution is -2.08. The highest BCUT2D eigenvalue weighted by Crippen LogP contribution is 2.21. The van der Waals surface area contributed by atoms with Crippen molar-refractivity contribution in [1.29, 1.82) is 0 Å². The van der Waals surface area contributed by atoms with E-state index in [4.69, 9.17) is 28.4 Å². The molecule has 0 aliphatic carbocycles. The molecule has 3 rings (SSSR count). The molecule has 3 aromatic rings. The number of unbranched alkanes of at least 4 members (excludes halogenated alkanes) is 16. The van der Waals surface area contributed by atoms with Crippen LogP contribution in [0.3, 0.4) is 0 Å². The summed E-state index contributed by atoms with van der Waals surface area (Å²) in [4.78, 5) is 34.7. The summed E-state index contributed by atoms with van der Waals surface area (Å²) in [5, 5.41) is 0. The van der Waals surface area contributed by atoms with Crippen LogP contribution < -0.4 is 18.9 Å². The minimum Gasteiger partial charge on any atom is -0.494 e. The van der Waals surface area contributed by atoms with E-state index in [0.29, 0.717) is 44.3 Å². The van der Waals surface area contributed by atoms with Crippen LogP contribution in [-0.2, 0) is 25.7 Å². The van der Waals surface area contributed by atoms with Crippen molar-refractivity contribution in [3.8, 4) is 23.0 Å². The maximum absolute atomic E-state index is 12.7. The number of hydrogen-bond acceptors (Lipinski definition) is 9. The van der Waals surface area contributed by atoms with Crippen molar-refractivity contribution in [3.63, 3.8) is 0 Å². The normalized spacial score (nSPS) is 10.7. The molecule has 57 heavy (non-hydrogen) atoms. The molecule has 0 fully saturated rings. The summed E-state index contributed by atoms with van der Waals surface area (Å²) < 4.78 is 33.3. The summed E-state index contributed by atoms with van der Waals surface area (Å²) in [6.45, 7) is 9.49. The molecule has 0 aliphatic rings. The van der Waals surface area contributed by atoms with E-state index < -0.39 is 5.97 Å². The smallest absolute Gasteiger partial charge is 0.343 e. The number of carbonyl (C=O) groups excluding carboxylic acids is 3. The van der Waals surface area contributed by atoms with Gasteiger partial charge in [0, 0.05) is 12.2 Å². The monoisotopic (exact) mass is 784 g/mol.